The minimum absolute atomic E-state index is 0.0312. The van der Waals surface area contributed by atoms with E-state index in [1.54, 1.807) is 0 Å². The summed E-state index contributed by atoms with van der Waals surface area (Å²) in [5.74, 6) is -1.17. The van der Waals surface area contributed by atoms with Crippen molar-refractivity contribution < 1.29 is 19.8 Å². The number of aliphatic carboxylic acids is 1. The minimum atomic E-state index is -1.25. The summed E-state index contributed by atoms with van der Waals surface area (Å²) in [6.45, 7) is -0.517. The number of hydrogen-bond donors (Lipinski definition) is 2. The van der Waals surface area contributed by atoms with Gasteiger partial charge in [-0.1, -0.05) is 48.5 Å². The fourth-order valence-electron chi connectivity index (χ4n) is 2.82. The molecule has 23 heavy (non-hydrogen) atoms. The highest BCUT2D eigenvalue weighted by Crippen LogP contribution is 2.29. The Bertz CT molecular complexity index is 850. The molecule has 0 aliphatic rings. The van der Waals surface area contributed by atoms with E-state index in [9.17, 15) is 14.7 Å². The van der Waals surface area contributed by atoms with Gasteiger partial charge in [0.2, 0.25) is 0 Å². The first-order valence-electron chi connectivity index (χ1n) is 7.15. The maximum atomic E-state index is 11.4. The molecule has 0 spiro atoms. The number of benzene rings is 3. The van der Waals surface area contributed by atoms with E-state index in [0.29, 0.717) is 0 Å². The Morgan fingerprint density at radius 1 is 0.870 bits per heavy atom. The number of rotatable bonds is 4. The number of fused-ring (bicyclic) bond motifs is 2. The largest absolute Gasteiger partial charge is 0.480 e. The molecule has 0 atom stereocenters. The lowest BCUT2D eigenvalue weighted by Crippen LogP contribution is -2.34. The van der Waals surface area contributed by atoms with Crippen molar-refractivity contribution in [3.63, 3.8) is 0 Å². The van der Waals surface area contributed by atoms with E-state index in [1.807, 2.05) is 48.5 Å². The highest BCUT2D eigenvalue weighted by molar-refractivity contribution is 6.02. The highest BCUT2D eigenvalue weighted by atomic mass is 16.4. The van der Waals surface area contributed by atoms with Crippen molar-refractivity contribution >= 4 is 33.6 Å². The van der Waals surface area contributed by atoms with E-state index >= 15 is 0 Å². The summed E-state index contributed by atoms with van der Waals surface area (Å²) in [6.07, 6.45) is -1.25. The lowest BCUT2D eigenvalue weighted by Gasteiger charge is -2.20. The second kappa shape index (κ2) is 5.96. The standard InChI is InChI=1S/C18H15NO4/c20-17(21)11-19(18(22)23)10-16-14-7-3-1-5-12(14)9-13-6-2-4-8-15(13)16/h1-9H,10-11H2,(H,20,21)(H,22,23). The molecule has 3 rings (SSSR count). The molecular formula is C18H15NO4. The molecule has 2 N–H and O–H groups in total. The van der Waals surface area contributed by atoms with Crippen molar-refractivity contribution in [1.82, 2.24) is 4.90 Å². The minimum Gasteiger partial charge on any atom is -0.480 e. The second-order valence-electron chi connectivity index (χ2n) is 5.33. The summed E-state index contributed by atoms with van der Waals surface area (Å²) in [4.78, 5) is 23.2. The molecule has 0 heterocycles. The number of carboxylic acid groups (broad SMARTS) is 2. The third kappa shape index (κ3) is 2.94. The molecule has 0 radical (unpaired) electrons. The fraction of sp³-hybridized carbons (Fsp3) is 0.111. The molecule has 0 saturated carbocycles. The smallest absolute Gasteiger partial charge is 0.408 e. The van der Waals surface area contributed by atoms with Crippen LogP contribution in [0.2, 0.25) is 0 Å². The Hall–Kier alpha value is -3.08. The lowest BCUT2D eigenvalue weighted by molar-refractivity contribution is -0.138. The van der Waals surface area contributed by atoms with Gasteiger partial charge in [-0.2, -0.15) is 0 Å². The van der Waals surface area contributed by atoms with E-state index in [2.05, 4.69) is 6.07 Å². The number of hydrogen-bond acceptors (Lipinski definition) is 2. The van der Waals surface area contributed by atoms with E-state index in [-0.39, 0.29) is 6.54 Å². The summed E-state index contributed by atoms with van der Waals surface area (Å²) in [5, 5.41) is 22.1. The Morgan fingerprint density at radius 2 is 1.39 bits per heavy atom. The van der Waals surface area contributed by atoms with Gasteiger partial charge in [0, 0.05) is 0 Å². The lowest BCUT2D eigenvalue weighted by atomic mass is 9.96. The topological polar surface area (TPSA) is 77.8 Å². The van der Waals surface area contributed by atoms with Gasteiger partial charge in [0.05, 0.1) is 6.54 Å². The van der Waals surface area contributed by atoms with Gasteiger partial charge in [-0.05, 0) is 33.2 Å². The van der Waals surface area contributed by atoms with Crippen molar-refractivity contribution in [1.29, 1.82) is 0 Å². The van der Waals surface area contributed by atoms with Crippen molar-refractivity contribution in [2.24, 2.45) is 0 Å². The molecule has 0 aromatic heterocycles. The first kappa shape index (κ1) is 14.8. The number of carbonyl (C=O) groups is 2. The van der Waals surface area contributed by atoms with Crippen LogP contribution < -0.4 is 0 Å². The highest BCUT2D eigenvalue weighted by Gasteiger charge is 2.18. The Kier molecular flexibility index (Phi) is 3.85. The molecular weight excluding hydrogens is 294 g/mol. The summed E-state index contributed by atoms with van der Waals surface area (Å²) in [6, 6.07) is 17.5. The molecule has 0 aliphatic heterocycles. The molecule has 0 unspecified atom stereocenters. The van der Waals surface area contributed by atoms with Gasteiger partial charge in [0.15, 0.2) is 0 Å². The molecule has 0 bridgehead atoms. The molecule has 116 valence electrons. The Labute approximate surface area is 132 Å². The molecule has 5 nitrogen and oxygen atoms in total. The van der Waals surface area contributed by atoms with E-state index in [1.165, 1.54) is 0 Å². The number of nitrogens with zero attached hydrogens (tertiary/aromatic N) is 1. The van der Waals surface area contributed by atoms with Crippen LogP contribution in [0.3, 0.4) is 0 Å². The van der Waals surface area contributed by atoms with Gasteiger partial charge < -0.3 is 10.2 Å². The first-order valence-corrected chi connectivity index (χ1v) is 7.15. The molecule has 0 saturated heterocycles. The van der Waals surface area contributed by atoms with Crippen LogP contribution in [0, 0.1) is 0 Å². The average Bonchev–Trinajstić information content (AvgIpc) is 2.53. The van der Waals surface area contributed by atoms with E-state index in [0.717, 1.165) is 32.0 Å². The fourth-order valence-corrected chi connectivity index (χ4v) is 2.82. The van der Waals surface area contributed by atoms with Crippen molar-refractivity contribution in [2.45, 2.75) is 6.54 Å². The maximum absolute atomic E-state index is 11.4. The average molecular weight is 309 g/mol. The number of carboxylic acids is 1. The summed E-state index contributed by atoms with van der Waals surface area (Å²) in [5.41, 5.74) is 0.822. The zero-order valence-electron chi connectivity index (χ0n) is 12.3. The summed E-state index contributed by atoms with van der Waals surface area (Å²) >= 11 is 0. The van der Waals surface area contributed by atoms with Gasteiger partial charge in [0.25, 0.3) is 0 Å². The van der Waals surface area contributed by atoms with Crippen LogP contribution in [0.1, 0.15) is 5.56 Å². The van der Waals surface area contributed by atoms with Crippen LogP contribution in [-0.4, -0.2) is 33.7 Å². The van der Waals surface area contributed by atoms with Crippen LogP contribution in [0.25, 0.3) is 21.5 Å². The molecule has 3 aromatic rings. The van der Waals surface area contributed by atoms with Crippen LogP contribution >= 0.6 is 0 Å². The van der Waals surface area contributed by atoms with Crippen LogP contribution in [0.5, 0.6) is 0 Å². The molecule has 3 aromatic carbocycles. The van der Waals surface area contributed by atoms with Gasteiger partial charge in [-0.3, -0.25) is 9.69 Å². The SMILES string of the molecule is O=C(O)CN(Cc1c2ccccc2cc2ccccc12)C(=O)O. The summed E-state index contributed by atoms with van der Waals surface area (Å²) in [7, 11) is 0. The Morgan fingerprint density at radius 3 is 1.87 bits per heavy atom. The third-order valence-corrected chi connectivity index (χ3v) is 3.83. The third-order valence-electron chi connectivity index (χ3n) is 3.83. The maximum Gasteiger partial charge on any atom is 0.408 e. The second-order valence-corrected chi connectivity index (χ2v) is 5.33. The van der Waals surface area contributed by atoms with Crippen molar-refractivity contribution in [3.05, 3.63) is 60.2 Å². The van der Waals surface area contributed by atoms with Crippen LogP contribution in [-0.2, 0) is 11.3 Å². The quantitative estimate of drug-likeness (QED) is 0.722. The van der Waals surface area contributed by atoms with Crippen LogP contribution in [0.4, 0.5) is 4.79 Å². The van der Waals surface area contributed by atoms with Gasteiger partial charge in [-0.15, -0.1) is 0 Å². The predicted molar refractivity (Wildman–Crippen MR) is 87.5 cm³/mol. The summed E-state index contributed by atoms with van der Waals surface area (Å²) < 4.78 is 0. The molecule has 0 aliphatic carbocycles. The zero-order chi connectivity index (χ0) is 16.4. The van der Waals surface area contributed by atoms with E-state index < -0.39 is 18.6 Å². The zero-order valence-corrected chi connectivity index (χ0v) is 12.3. The van der Waals surface area contributed by atoms with Crippen LogP contribution in [0.15, 0.2) is 54.6 Å². The molecule has 1 amide bonds. The van der Waals surface area contributed by atoms with Crippen molar-refractivity contribution in [3.8, 4) is 0 Å². The van der Waals surface area contributed by atoms with Gasteiger partial charge in [-0.25, -0.2) is 4.79 Å². The Balaban J connectivity index is 2.19. The normalized spacial score (nSPS) is 10.8. The predicted octanol–water partition coefficient (Wildman–Crippen LogP) is 3.56. The molecule has 5 heteroatoms. The first-order chi connectivity index (χ1) is 11.1. The molecule has 0 fully saturated rings. The van der Waals surface area contributed by atoms with Gasteiger partial charge >= 0.3 is 12.1 Å². The monoisotopic (exact) mass is 309 g/mol. The van der Waals surface area contributed by atoms with Gasteiger partial charge in [0.1, 0.15) is 6.54 Å². The number of amides is 1. The van der Waals surface area contributed by atoms with E-state index in [4.69, 9.17) is 5.11 Å². The van der Waals surface area contributed by atoms with Crippen molar-refractivity contribution in [2.75, 3.05) is 6.54 Å².